The minimum atomic E-state index is -0.493. The molecule has 0 spiro atoms. The van der Waals surface area contributed by atoms with Gasteiger partial charge in [0.2, 0.25) is 5.91 Å². The van der Waals surface area contributed by atoms with Crippen molar-refractivity contribution in [1.29, 1.82) is 0 Å². The minimum absolute atomic E-state index is 0.0621. The zero-order chi connectivity index (χ0) is 13.6. The summed E-state index contributed by atoms with van der Waals surface area (Å²) in [6, 6.07) is 0. The van der Waals surface area contributed by atoms with Gasteiger partial charge in [-0.05, 0) is 33.2 Å². The molecule has 1 saturated heterocycles. The van der Waals surface area contributed by atoms with E-state index >= 15 is 0 Å². The van der Waals surface area contributed by atoms with E-state index < -0.39 is 5.54 Å². The van der Waals surface area contributed by atoms with Crippen molar-refractivity contribution in [3.05, 3.63) is 0 Å². The van der Waals surface area contributed by atoms with Crippen molar-refractivity contribution in [3.8, 4) is 0 Å². The van der Waals surface area contributed by atoms with Gasteiger partial charge in [0.1, 0.15) is 0 Å². The molecular formula is C13H26N2O3. The number of piperidine rings is 1. The Morgan fingerprint density at radius 2 is 2.06 bits per heavy atom. The van der Waals surface area contributed by atoms with Gasteiger partial charge < -0.3 is 20.1 Å². The third-order valence-corrected chi connectivity index (χ3v) is 3.33. The number of hydrogen-bond donors (Lipinski definition) is 2. The number of carbonyl (C=O) groups is 1. The number of nitrogens with zero attached hydrogens (tertiary/aromatic N) is 1. The molecule has 0 atom stereocenters. The van der Waals surface area contributed by atoms with Crippen LogP contribution in [0.1, 0.15) is 33.6 Å². The molecule has 1 aliphatic heterocycles. The Morgan fingerprint density at radius 1 is 1.44 bits per heavy atom. The number of ether oxygens (including phenoxy) is 1. The molecule has 106 valence electrons. The first-order chi connectivity index (χ1) is 8.51. The zero-order valence-electron chi connectivity index (χ0n) is 11.7. The summed E-state index contributed by atoms with van der Waals surface area (Å²) >= 11 is 0. The predicted molar refractivity (Wildman–Crippen MR) is 70.4 cm³/mol. The van der Waals surface area contributed by atoms with E-state index in [2.05, 4.69) is 5.32 Å². The Kier molecular flexibility index (Phi) is 6.05. The number of aliphatic hydroxyl groups excluding tert-OH is 1. The normalized spacial score (nSPS) is 18.1. The van der Waals surface area contributed by atoms with Crippen LogP contribution in [0.15, 0.2) is 0 Å². The molecular weight excluding hydrogens is 232 g/mol. The maximum Gasteiger partial charge on any atom is 0.242 e. The van der Waals surface area contributed by atoms with Crippen LogP contribution in [0.3, 0.4) is 0 Å². The summed E-state index contributed by atoms with van der Waals surface area (Å²) in [6.07, 6.45) is 1.89. The molecule has 5 heteroatoms. The van der Waals surface area contributed by atoms with Crippen LogP contribution in [0.2, 0.25) is 0 Å². The predicted octanol–water partition coefficient (Wildman–Crippen LogP) is 0.374. The van der Waals surface area contributed by atoms with Gasteiger partial charge >= 0.3 is 0 Å². The van der Waals surface area contributed by atoms with Gasteiger partial charge in [0, 0.05) is 13.1 Å². The van der Waals surface area contributed by atoms with E-state index in [0.29, 0.717) is 6.61 Å². The van der Waals surface area contributed by atoms with Gasteiger partial charge in [-0.3, -0.25) is 4.79 Å². The molecule has 5 nitrogen and oxygen atoms in total. The molecule has 1 heterocycles. The number of likely N-dealkylation sites (tertiary alicyclic amines) is 1. The number of aliphatic hydroxyl groups is 1. The van der Waals surface area contributed by atoms with Crippen LogP contribution >= 0.6 is 0 Å². The molecule has 0 bridgehead atoms. The Morgan fingerprint density at radius 3 is 2.56 bits per heavy atom. The smallest absolute Gasteiger partial charge is 0.242 e. The van der Waals surface area contributed by atoms with Gasteiger partial charge in [-0.25, -0.2) is 0 Å². The highest BCUT2D eigenvalue weighted by atomic mass is 16.5. The first kappa shape index (κ1) is 15.4. The molecule has 0 aromatic heterocycles. The molecule has 0 saturated carbocycles. The number of carbonyl (C=O) groups excluding carboxylic acids is 1. The van der Waals surface area contributed by atoms with Crippen molar-refractivity contribution < 1.29 is 14.6 Å². The average Bonchev–Trinajstić information content (AvgIpc) is 2.36. The van der Waals surface area contributed by atoms with Crippen LogP contribution < -0.4 is 5.32 Å². The van der Waals surface area contributed by atoms with E-state index in [1.54, 1.807) is 0 Å². The topological polar surface area (TPSA) is 61.8 Å². The van der Waals surface area contributed by atoms with Crippen molar-refractivity contribution in [1.82, 2.24) is 10.2 Å². The standard InChI is InChI=1S/C13H26N2O3/c1-4-14-13(2,3)12(17)15-7-5-11(6-8-15)18-10-9-16/h11,14,16H,4-10H2,1-3H3. The van der Waals surface area contributed by atoms with Gasteiger partial charge in [0.05, 0.1) is 24.9 Å². The molecule has 0 aliphatic carbocycles. The van der Waals surface area contributed by atoms with Crippen molar-refractivity contribution in [3.63, 3.8) is 0 Å². The highest BCUT2D eigenvalue weighted by Gasteiger charge is 2.33. The number of hydrogen-bond acceptors (Lipinski definition) is 4. The molecule has 0 aromatic rings. The first-order valence-electron chi connectivity index (χ1n) is 6.78. The maximum absolute atomic E-state index is 12.3. The summed E-state index contributed by atoms with van der Waals surface area (Å²) in [5, 5.41) is 11.9. The average molecular weight is 258 g/mol. The Labute approximate surface area is 109 Å². The Hall–Kier alpha value is -0.650. The number of nitrogens with one attached hydrogen (secondary N) is 1. The third kappa shape index (κ3) is 4.23. The first-order valence-corrected chi connectivity index (χ1v) is 6.78. The van der Waals surface area contributed by atoms with Gasteiger partial charge in [-0.1, -0.05) is 6.92 Å². The van der Waals surface area contributed by atoms with E-state index in [0.717, 1.165) is 32.5 Å². The molecule has 1 rings (SSSR count). The Bertz CT molecular complexity index is 261. The van der Waals surface area contributed by atoms with Crippen molar-refractivity contribution >= 4 is 5.91 Å². The fourth-order valence-corrected chi connectivity index (χ4v) is 2.36. The van der Waals surface area contributed by atoms with E-state index in [4.69, 9.17) is 9.84 Å². The number of rotatable bonds is 6. The molecule has 1 aliphatic rings. The van der Waals surface area contributed by atoms with Crippen LogP contribution in [0.25, 0.3) is 0 Å². The van der Waals surface area contributed by atoms with E-state index in [9.17, 15) is 4.79 Å². The molecule has 0 unspecified atom stereocenters. The summed E-state index contributed by atoms with van der Waals surface area (Å²) in [7, 11) is 0. The lowest BCUT2D eigenvalue weighted by Gasteiger charge is -2.37. The van der Waals surface area contributed by atoms with Gasteiger partial charge in [0.25, 0.3) is 0 Å². The molecule has 18 heavy (non-hydrogen) atoms. The second-order valence-corrected chi connectivity index (χ2v) is 5.24. The summed E-state index contributed by atoms with van der Waals surface area (Å²) < 4.78 is 5.49. The van der Waals surface area contributed by atoms with Crippen molar-refractivity contribution in [2.75, 3.05) is 32.8 Å². The lowest BCUT2D eigenvalue weighted by Crippen LogP contribution is -2.56. The van der Waals surface area contributed by atoms with E-state index in [-0.39, 0.29) is 18.6 Å². The molecule has 1 amide bonds. The molecule has 2 N–H and O–H groups in total. The Balaban J connectivity index is 2.40. The highest BCUT2D eigenvalue weighted by molar-refractivity contribution is 5.85. The summed E-state index contributed by atoms with van der Waals surface area (Å²) in [5.41, 5.74) is -0.493. The van der Waals surface area contributed by atoms with Crippen molar-refractivity contribution in [2.45, 2.75) is 45.3 Å². The largest absolute Gasteiger partial charge is 0.394 e. The zero-order valence-corrected chi connectivity index (χ0v) is 11.7. The third-order valence-electron chi connectivity index (χ3n) is 3.33. The number of likely N-dealkylation sites (N-methyl/N-ethyl adjacent to an activating group) is 1. The fourth-order valence-electron chi connectivity index (χ4n) is 2.36. The SMILES string of the molecule is CCNC(C)(C)C(=O)N1CCC(OCCO)CC1. The van der Waals surface area contributed by atoms with E-state index in [1.165, 1.54) is 0 Å². The van der Waals surface area contributed by atoms with Gasteiger partial charge in [-0.15, -0.1) is 0 Å². The highest BCUT2D eigenvalue weighted by Crippen LogP contribution is 2.17. The number of amides is 1. The van der Waals surface area contributed by atoms with Crippen LogP contribution in [0.5, 0.6) is 0 Å². The van der Waals surface area contributed by atoms with E-state index in [1.807, 2.05) is 25.7 Å². The molecule has 1 fully saturated rings. The van der Waals surface area contributed by atoms with Gasteiger partial charge in [-0.2, -0.15) is 0 Å². The van der Waals surface area contributed by atoms with Crippen LogP contribution in [0.4, 0.5) is 0 Å². The molecule has 0 radical (unpaired) electrons. The lowest BCUT2D eigenvalue weighted by molar-refractivity contribution is -0.139. The second-order valence-electron chi connectivity index (χ2n) is 5.24. The fraction of sp³-hybridized carbons (Fsp3) is 0.923. The van der Waals surface area contributed by atoms with Gasteiger partial charge in [0.15, 0.2) is 0 Å². The van der Waals surface area contributed by atoms with Crippen LogP contribution in [-0.2, 0) is 9.53 Å². The lowest BCUT2D eigenvalue weighted by atomic mass is 10.00. The monoisotopic (exact) mass is 258 g/mol. The summed E-state index contributed by atoms with van der Waals surface area (Å²) in [4.78, 5) is 14.2. The quantitative estimate of drug-likeness (QED) is 0.723. The summed E-state index contributed by atoms with van der Waals surface area (Å²) in [6.45, 7) is 8.57. The molecule has 0 aromatic carbocycles. The second kappa shape index (κ2) is 7.07. The summed E-state index contributed by atoms with van der Waals surface area (Å²) in [5.74, 6) is 0.157. The van der Waals surface area contributed by atoms with Crippen LogP contribution in [-0.4, -0.2) is 60.4 Å². The van der Waals surface area contributed by atoms with Crippen molar-refractivity contribution in [2.24, 2.45) is 0 Å². The minimum Gasteiger partial charge on any atom is -0.394 e. The maximum atomic E-state index is 12.3. The van der Waals surface area contributed by atoms with Crippen LogP contribution in [0, 0.1) is 0 Å².